The Bertz CT molecular complexity index is 443. The fraction of sp³-hybridized carbons (Fsp3) is 0.625. The largest absolute Gasteiger partial charge is 0.496 e. The van der Waals surface area contributed by atoms with Crippen LogP contribution in [0.1, 0.15) is 49.4 Å². The normalized spacial score (nSPS) is 23.7. The number of ether oxygens (including phenoxy) is 2. The van der Waals surface area contributed by atoms with Crippen molar-refractivity contribution in [1.82, 2.24) is 5.32 Å². The number of rotatable bonds is 3. The van der Waals surface area contributed by atoms with Gasteiger partial charge >= 0.3 is 0 Å². The number of morpholine rings is 1. The summed E-state index contributed by atoms with van der Waals surface area (Å²) in [5.74, 6) is 1.44. The molecule has 1 N–H and O–H groups in total. The summed E-state index contributed by atoms with van der Waals surface area (Å²) < 4.78 is 11.3. The maximum absolute atomic E-state index is 5.76. The van der Waals surface area contributed by atoms with Crippen molar-refractivity contribution in [3.63, 3.8) is 0 Å². The highest BCUT2D eigenvalue weighted by atomic mass is 16.5. The van der Waals surface area contributed by atoms with Gasteiger partial charge in [-0.05, 0) is 48.6 Å². The zero-order valence-corrected chi connectivity index (χ0v) is 12.6. The molecule has 0 bridgehead atoms. The minimum Gasteiger partial charge on any atom is -0.496 e. The molecule has 0 amide bonds. The summed E-state index contributed by atoms with van der Waals surface area (Å²) in [7, 11) is 1.74. The van der Waals surface area contributed by atoms with Crippen molar-refractivity contribution in [2.75, 3.05) is 20.3 Å². The third-order valence-electron chi connectivity index (χ3n) is 3.89. The van der Waals surface area contributed by atoms with E-state index >= 15 is 0 Å². The van der Waals surface area contributed by atoms with Crippen LogP contribution in [0.25, 0.3) is 0 Å². The lowest BCUT2D eigenvalue weighted by Crippen LogP contribution is -2.40. The van der Waals surface area contributed by atoms with Crippen molar-refractivity contribution in [3.8, 4) is 5.75 Å². The van der Waals surface area contributed by atoms with Crippen molar-refractivity contribution in [3.05, 3.63) is 28.8 Å². The lowest BCUT2D eigenvalue weighted by atomic mass is 9.90. The predicted octanol–water partition coefficient (Wildman–Crippen LogP) is 3.18. The van der Waals surface area contributed by atoms with Crippen LogP contribution >= 0.6 is 0 Å². The average molecular weight is 263 g/mol. The molecule has 3 heteroatoms. The van der Waals surface area contributed by atoms with E-state index in [1.807, 2.05) is 0 Å². The van der Waals surface area contributed by atoms with Crippen LogP contribution in [0.15, 0.2) is 12.1 Å². The second-order valence-corrected chi connectivity index (χ2v) is 5.61. The molecular weight excluding hydrogens is 238 g/mol. The highest BCUT2D eigenvalue weighted by Gasteiger charge is 2.25. The maximum Gasteiger partial charge on any atom is 0.122 e. The van der Waals surface area contributed by atoms with Crippen LogP contribution in [-0.2, 0) is 4.74 Å². The highest BCUT2D eigenvalue weighted by molar-refractivity contribution is 5.45. The van der Waals surface area contributed by atoms with Gasteiger partial charge in [0, 0.05) is 6.54 Å². The topological polar surface area (TPSA) is 30.5 Å². The minimum atomic E-state index is 0.209. The first kappa shape index (κ1) is 14.4. The maximum atomic E-state index is 5.76. The van der Waals surface area contributed by atoms with E-state index in [0.717, 1.165) is 18.9 Å². The highest BCUT2D eigenvalue weighted by Crippen LogP contribution is 2.34. The molecule has 1 fully saturated rings. The number of hydrogen-bond donors (Lipinski definition) is 1. The van der Waals surface area contributed by atoms with Gasteiger partial charge < -0.3 is 14.8 Å². The van der Waals surface area contributed by atoms with Gasteiger partial charge in [-0.1, -0.05) is 13.8 Å². The predicted molar refractivity (Wildman–Crippen MR) is 78.0 cm³/mol. The second kappa shape index (κ2) is 5.93. The van der Waals surface area contributed by atoms with Gasteiger partial charge in [-0.2, -0.15) is 0 Å². The molecular formula is C16H25NO2. The van der Waals surface area contributed by atoms with E-state index in [-0.39, 0.29) is 12.1 Å². The monoisotopic (exact) mass is 263 g/mol. The molecule has 0 saturated carbocycles. The Balaban J connectivity index is 2.42. The Hall–Kier alpha value is -1.06. The number of benzene rings is 1. The first-order chi connectivity index (χ1) is 9.04. The van der Waals surface area contributed by atoms with Crippen molar-refractivity contribution in [1.29, 1.82) is 0 Å². The SMILES string of the molecule is COc1cc(C)c(C2NCCOC2C)cc1C(C)C. The number of hydrogen-bond acceptors (Lipinski definition) is 3. The fourth-order valence-corrected chi connectivity index (χ4v) is 2.76. The van der Waals surface area contributed by atoms with Gasteiger partial charge in [0.2, 0.25) is 0 Å². The molecule has 0 aliphatic carbocycles. The van der Waals surface area contributed by atoms with E-state index in [1.165, 1.54) is 16.7 Å². The van der Waals surface area contributed by atoms with Gasteiger partial charge in [-0.3, -0.25) is 0 Å². The van der Waals surface area contributed by atoms with Crippen LogP contribution in [0.5, 0.6) is 5.75 Å². The van der Waals surface area contributed by atoms with Gasteiger partial charge in [0.05, 0.1) is 25.9 Å². The molecule has 0 spiro atoms. The second-order valence-electron chi connectivity index (χ2n) is 5.61. The summed E-state index contributed by atoms with van der Waals surface area (Å²) in [6.07, 6.45) is 0.209. The Morgan fingerprint density at radius 3 is 2.68 bits per heavy atom. The molecule has 19 heavy (non-hydrogen) atoms. The molecule has 0 radical (unpaired) electrons. The molecule has 3 nitrogen and oxygen atoms in total. The summed E-state index contributed by atoms with van der Waals surface area (Å²) in [6, 6.07) is 4.70. The third kappa shape index (κ3) is 2.93. The molecule has 2 unspecified atom stereocenters. The van der Waals surface area contributed by atoms with Crippen molar-refractivity contribution >= 4 is 0 Å². The summed E-state index contributed by atoms with van der Waals surface area (Å²) >= 11 is 0. The molecule has 1 saturated heterocycles. The summed E-state index contributed by atoms with van der Waals surface area (Å²) in [6.45, 7) is 10.4. The molecule has 2 rings (SSSR count). The molecule has 2 atom stereocenters. The van der Waals surface area contributed by atoms with Crippen LogP contribution in [0.2, 0.25) is 0 Å². The van der Waals surface area contributed by atoms with Crippen LogP contribution < -0.4 is 10.1 Å². The zero-order chi connectivity index (χ0) is 14.0. The fourth-order valence-electron chi connectivity index (χ4n) is 2.76. The Morgan fingerprint density at radius 1 is 1.37 bits per heavy atom. The summed E-state index contributed by atoms with van der Waals surface area (Å²) in [5.41, 5.74) is 3.86. The molecule has 1 heterocycles. The molecule has 0 aromatic heterocycles. The van der Waals surface area contributed by atoms with Crippen molar-refractivity contribution < 1.29 is 9.47 Å². The van der Waals surface area contributed by atoms with Crippen LogP contribution in [0.3, 0.4) is 0 Å². The standard InChI is InChI=1S/C16H25NO2/c1-10(2)13-9-14(11(3)8-15(13)18-5)16-12(4)19-7-6-17-16/h8-10,12,16-17H,6-7H2,1-5H3. The van der Waals surface area contributed by atoms with E-state index in [9.17, 15) is 0 Å². The summed E-state index contributed by atoms with van der Waals surface area (Å²) in [4.78, 5) is 0. The van der Waals surface area contributed by atoms with Crippen LogP contribution in [0, 0.1) is 6.92 Å². The zero-order valence-electron chi connectivity index (χ0n) is 12.6. The quantitative estimate of drug-likeness (QED) is 0.908. The molecule has 1 aromatic rings. The lowest BCUT2D eigenvalue weighted by molar-refractivity contribution is 0.00735. The van der Waals surface area contributed by atoms with E-state index in [1.54, 1.807) is 7.11 Å². The number of aryl methyl sites for hydroxylation is 1. The smallest absolute Gasteiger partial charge is 0.122 e. The Morgan fingerprint density at radius 2 is 2.11 bits per heavy atom. The first-order valence-electron chi connectivity index (χ1n) is 7.08. The average Bonchev–Trinajstić information content (AvgIpc) is 2.39. The first-order valence-corrected chi connectivity index (χ1v) is 7.08. The van der Waals surface area contributed by atoms with Gasteiger partial charge in [0.15, 0.2) is 0 Å². The van der Waals surface area contributed by atoms with Crippen molar-refractivity contribution in [2.45, 2.75) is 45.8 Å². The van der Waals surface area contributed by atoms with E-state index < -0.39 is 0 Å². The number of methoxy groups -OCH3 is 1. The number of nitrogens with one attached hydrogen (secondary N) is 1. The van der Waals surface area contributed by atoms with E-state index in [4.69, 9.17) is 9.47 Å². The molecule has 1 aliphatic rings. The van der Waals surface area contributed by atoms with Crippen LogP contribution in [0.4, 0.5) is 0 Å². The molecule has 1 aliphatic heterocycles. The third-order valence-corrected chi connectivity index (χ3v) is 3.89. The van der Waals surface area contributed by atoms with E-state index in [2.05, 4.69) is 45.1 Å². The van der Waals surface area contributed by atoms with E-state index in [0.29, 0.717) is 5.92 Å². The van der Waals surface area contributed by atoms with Gasteiger partial charge in [-0.15, -0.1) is 0 Å². The van der Waals surface area contributed by atoms with Gasteiger partial charge in [-0.25, -0.2) is 0 Å². The minimum absolute atomic E-state index is 0.209. The lowest BCUT2D eigenvalue weighted by Gasteiger charge is -2.32. The van der Waals surface area contributed by atoms with Crippen LogP contribution in [-0.4, -0.2) is 26.4 Å². The molecule has 106 valence electrons. The molecule has 1 aromatic carbocycles. The van der Waals surface area contributed by atoms with Crippen molar-refractivity contribution in [2.24, 2.45) is 0 Å². The van der Waals surface area contributed by atoms with Gasteiger partial charge in [0.25, 0.3) is 0 Å². The Kier molecular flexibility index (Phi) is 4.48. The Labute approximate surface area is 116 Å². The summed E-state index contributed by atoms with van der Waals surface area (Å²) in [5, 5.41) is 3.56. The van der Waals surface area contributed by atoms with Gasteiger partial charge in [0.1, 0.15) is 5.75 Å².